The number of nitrogens with one attached hydrogen (secondary N) is 1. The van der Waals surface area contributed by atoms with E-state index in [0.717, 1.165) is 17.1 Å². The Morgan fingerprint density at radius 3 is 2.64 bits per heavy atom. The lowest BCUT2D eigenvalue weighted by molar-refractivity contribution is 0.0956. The molecule has 0 bridgehead atoms. The van der Waals surface area contributed by atoms with Gasteiger partial charge in [0.15, 0.2) is 0 Å². The number of carbonyl (C=O) groups is 1. The Morgan fingerprint density at radius 1 is 1.14 bits per heavy atom. The van der Waals surface area contributed by atoms with E-state index in [1.54, 1.807) is 6.07 Å². The van der Waals surface area contributed by atoms with E-state index in [9.17, 15) is 4.79 Å². The maximum absolute atomic E-state index is 12.0. The van der Waals surface area contributed by atoms with Crippen molar-refractivity contribution in [2.75, 3.05) is 12.3 Å². The van der Waals surface area contributed by atoms with Crippen LogP contribution in [-0.2, 0) is 5.75 Å². The van der Waals surface area contributed by atoms with Crippen molar-refractivity contribution < 1.29 is 4.79 Å². The topological polar surface area (TPSA) is 29.1 Å². The van der Waals surface area contributed by atoms with Gasteiger partial charge in [-0.15, -0.1) is 0 Å². The molecule has 4 heteroatoms. The molecule has 22 heavy (non-hydrogen) atoms. The summed E-state index contributed by atoms with van der Waals surface area (Å²) in [4.78, 5) is 12.0. The number of benzene rings is 2. The van der Waals surface area contributed by atoms with Gasteiger partial charge in [0.2, 0.25) is 0 Å². The summed E-state index contributed by atoms with van der Waals surface area (Å²) < 4.78 is 0. The molecule has 0 atom stereocenters. The highest BCUT2D eigenvalue weighted by Crippen LogP contribution is 2.17. The second kappa shape index (κ2) is 8.25. The smallest absolute Gasteiger partial charge is 0.252 e. The molecule has 0 aliphatic heterocycles. The number of hydrogen-bond acceptors (Lipinski definition) is 2. The fourth-order valence-corrected chi connectivity index (χ4v) is 3.26. The van der Waals surface area contributed by atoms with Crippen LogP contribution in [0, 0.1) is 13.8 Å². The largest absolute Gasteiger partial charge is 0.351 e. The van der Waals surface area contributed by atoms with Crippen molar-refractivity contribution in [2.45, 2.75) is 19.6 Å². The first kappa shape index (κ1) is 16.9. The van der Waals surface area contributed by atoms with Crippen LogP contribution in [0.15, 0.2) is 42.5 Å². The van der Waals surface area contributed by atoms with Crippen LogP contribution in [0.3, 0.4) is 0 Å². The minimum Gasteiger partial charge on any atom is -0.351 e. The van der Waals surface area contributed by atoms with Gasteiger partial charge in [-0.3, -0.25) is 4.79 Å². The SMILES string of the molecule is Cc1cccc(CSCCNC(=O)c2ccc(C)cc2Cl)c1. The first-order chi connectivity index (χ1) is 10.6. The zero-order chi connectivity index (χ0) is 15.9. The van der Waals surface area contributed by atoms with Crippen molar-refractivity contribution in [1.82, 2.24) is 5.32 Å². The molecule has 0 fully saturated rings. The molecule has 1 amide bonds. The highest BCUT2D eigenvalue weighted by atomic mass is 35.5. The van der Waals surface area contributed by atoms with Gasteiger partial charge in [0.05, 0.1) is 10.6 Å². The first-order valence-electron chi connectivity index (χ1n) is 7.24. The number of hydrogen-bond donors (Lipinski definition) is 1. The number of rotatable bonds is 6. The zero-order valence-electron chi connectivity index (χ0n) is 12.9. The number of thioether (sulfide) groups is 1. The Balaban J connectivity index is 1.73. The Labute approximate surface area is 141 Å². The average molecular weight is 334 g/mol. The summed E-state index contributed by atoms with van der Waals surface area (Å²) in [6.07, 6.45) is 0. The molecule has 0 radical (unpaired) electrons. The van der Waals surface area contributed by atoms with Gasteiger partial charge in [-0.1, -0.05) is 47.5 Å². The Bertz CT molecular complexity index is 657. The summed E-state index contributed by atoms with van der Waals surface area (Å²) in [5.41, 5.74) is 4.18. The Hall–Kier alpha value is -1.45. The maximum atomic E-state index is 12.0. The predicted molar refractivity (Wildman–Crippen MR) is 95.9 cm³/mol. The van der Waals surface area contributed by atoms with E-state index in [2.05, 4.69) is 36.5 Å². The van der Waals surface area contributed by atoms with E-state index in [-0.39, 0.29) is 5.91 Å². The van der Waals surface area contributed by atoms with Crippen LogP contribution >= 0.6 is 23.4 Å². The number of halogens is 1. The second-order valence-corrected chi connectivity index (χ2v) is 6.79. The van der Waals surface area contributed by atoms with Gasteiger partial charge in [0, 0.05) is 18.1 Å². The van der Waals surface area contributed by atoms with Gasteiger partial charge in [-0.05, 0) is 37.1 Å². The number of amides is 1. The lowest BCUT2D eigenvalue weighted by Crippen LogP contribution is -2.26. The quantitative estimate of drug-likeness (QED) is 0.781. The van der Waals surface area contributed by atoms with Crippen LogP contribution in [0.1, 0.15) is 27.0 Å². The molecular weight excluding hydrogens is 314 g/mol. The van der Waals surface area contributed by atoms with Crippen LogP contribution in [0.2, 0.25) is 5.02 Å². The normalized spacial score (nSPS) is 10.5. The lowest BCUT2D eigenvalue weighted by atomic mass is 10.1. The molecule has 0 aliphatic carbocycles. The molecule has 0 unspecified atom stereocenters. The predicted octanol–water partition coefficient (Wildman–Crippen LogP) is 4.62. The lowest BCUT2D eigenvalue weighted by Gasteiger charge is -2.07. The summed E-state index contributed by atoms with van der Waals surface area (Å²) in [6, 6.07) is 14.0. The van der Waals surface area contributed by atoms with Crippen LogP contribution in [0.5, 0.6) is 0 Å². The van der Waals surface area contributed by atoms with Crippen LogP contribution in [0.25, 0.3) is 0 Å². The number of carbonyl (C=O) groups excluding carboxylic acids is 1. The van der Waals surface area contributed by atoms with E-state index in [1.165, 1.54) is 11.1 Å². The van der Waals surface area contributed by atoms with Gasteiger partial charge in [-0.25, -0.2) is 0 Å². The third-order valence-electron chi connectivity index (χ3n) is 3.25. The van der Waals surface area contributed by atoms with E-state index in [0.29, 0.717) is 17.1 Å². The summed E-state index contributed by atoms with van der Waals surface area (Å²) in [5, 5.41) is 3.42. The van der Waals surface area contributed by atoms with Crippen molar-refractivity contribution in [3.05, 3.63) is 69.7 Å². The molecule has 2 aromatic carbocycles. The summed E-state index contributed by atoms with van der Waals surface area (Å²) in [6.45, 7) is 4.69. The van der Waals surface area contributed by atoms with Crippen molar-refractivity contribution in [1.29, 1.82) is 0 Å². The fourth-order valence-electron chi connectivity index (χ4n) is 2.13. The zero-order valence-corrected chi connectivity index (χ0v) is 14.4. The van der Waals surface area contributed by atoms with E-state index < -0.39 is 0 Å². The minimum atomic E-state index is -0.110. The molecule has 0 spiro atoms. The summed E-state index contributed by atoms with van der Waals surface area (Å²) >= 11 is 7.90. The monoisotopic (exact) mass is 333 g/mol. The fraction of sp³-hybridized carbons (Fsp3) is 0.278. The standard InChI is InChI=1S/C18H20ClNOS/c1-13-4-3-5-15(10-13)12-22-9-8-20-18(21)16-7-6-14(2)11-17(16)19/h3-7,10-11H,8-9,12H2,1-2H3,(H,20,21). The molecule has 0 aromatic heterocycles. The average Bonchev–Trinajstić information content (AvgIpc) is 2.46. The maximum Gasteiger partial charge on any atom is 0.252 e. The first-order valence-corrected chi connectivity index (χ1v) is 8.77. The van der Waals surface area contributed by atoms with Crippen molar-refractivity contribution in [3.63, 3.8) is 0 Å². The van der Waals surface area contributed by atoms with E-state index in [1.807, 2.05) is 30.8 Å². The van der Waals surface area contributed by atoms with E-state index in [4.69, 9.17) is 11.6 Å². The number of aryl methyl sites for hydroxylation is 2. The van der Waals surface area contributed by atoms with Crippen molar-refractivity contribution >= 4 is 29.3 Å². The van der Waals surface area contributed by atoms with Crippen LogP contribution in [-0.4, -0.2) is 18.2 Å². The Kier molecular flexibility index (Phi) is 6.34. The molecule has 2 aromatic rings. The van der Waals surface area contributed by atoms with Gasteiger partial charge >= 0.3 is 0 Å². The molecule has 2 rings (SSSR count). The van der Waals surface area contributed by atoms with Gasteiger partial charge in [0.1, 0.15) is 0 Å². The third-order valence-corrected chi connectivity index (χ3v) is 4.60. The van der Waals surface area contributed by atoms with Gasteiger partial charge in [0.25, 0.3) is 5.91 Å². The van der Waals surface area contributed by atoms with Crippen LogP contribution in [0.4, 0.5) is 0 Å². The molecular formula is C18H20ClNOS. The molecule has 0 heterocycles. The highest BCUT2D eigenvalue weighted by Gasteiger charge is 2.09. The molecule has 1 N–H and O–H groups in total. The van der Waals surface area contributed by atoms with Crippen LogP contribution < -0.4 is 5.32 Å². The summed E-state index contributed by atoms with van der Waals surface area (Å²) in [7, 11) is 0. The van der Waals surface area contributed by atoms with Crippen molar-refractivity contribution in [3.8, 4) is 0 Å². The molecule has 2 nitrogen and oxygen atoms in total. The van der Waals surface area contributed by atoms with Crippen molar-refractivity contribution in [2.24, 2.45) is 0 Å². The Morgan fingerprint density at radius 2 is 1.91 bits per heavy atom. The minimum absolute atomic E-state index is 0.110. The molecule has 0 saturated carbocycles. The highest BCUT2D eigenvalue weighted by molar-refractivity contribution is 7.98. The molecule has 116 valence electrons. The third kappa shape index (κ3) is 5.08. The second-order valence-electron chi connectivity index (χ2n) is 5.28. The summed E-state index contributed by atoms with van der Waals surface area (Å²) in [5.74, 6) is 1.73. The van der Waals surface area contributed by atoms with Gasteiger partial charge < -0.3 is 5.32 Å². The molecule has 0 aliphatic rings. The molecule has 0 saturated heterocycles. The van der Waals surface area contributed by atoms with Gasteiger partial charge in [-0.2, -0.15) is 11.8 Å². The van der Waals surface area contributed by atoms with E-state index >= 15 is 0 Å².